The lowest BCUT2D eigenvalue weighted by molar-refractivity contribution is -0.138. The Labute approximate surface area is 142 Å². The zero-order valence-corrected chi connectivity index (χ0v) is 13.8. The second-order valence-electron chi connectivity index (χ2n) is 5.03. The molecule has 0 bridgehead atoms. The molecule has 1 aliphatic rings. The SMILES string of the molecule is CCc1ccc(/C=C2\SC(=O)N(CC(=O)NCC(=O)O)C2=O)cc1. The quantitative estimate of drug-likeness (QED) is 0.755. The van der Waals surface area contributed by atoms with Crippen LogP contribution in [0, 0.1) is 0 Å². The molecule has 0 aliphatic carbocycles. The van der Waals surface area contributed by atoms with E-state index in [9.17, 15) is 19.2 Å². The summed E-state index contributed by atoms with van der Waals surface area (Å²) >= 11 is 0.755. The summed E-state index contributed by atoms with van der Waals surface area (Å²) in [6.45, 7) is 0.981. The van der Waals surface area contributed by atoms with E-state index in [4.69, 9.17) is 5.11 Å². The summed E-state index contributed by atoms with van der Waals surface area (Å²) in [6.07, 6.45) is 2.50. The molecule has 2 rings (SSSR count). The van der Waals surface area contributed by atoms with Crippen LogP contribution in [0.2, 0.25) is 0 Å². The van der Waals surface area contributed by atoms with Crippen molar-refractivity contribution in [2.45, 2.75) is 13.3 Å². The van der Waals surface area contributed by atoms with Gasteiger partial charge in [-0.05, 0) is 35.4 Å². The number of imide groups is 1. The Morgan fingerprint density at radius 1 is 1.25 bits per heavy atom. The normalized spacial score (nSPS) is 15.9. The summed E-state index contributed by atoms with van der Waals surface area (Å²) in [5.41, 5.74) is 1.95. The number of aliphatic carboxylic acids is 1. The number of carbonyl (C=O) groups is 4. The number of carboxylic acid groups (broad SMARTS) is 1. The van der Waals surface area contributed by atoms with Gasteiger partial charge in [-0.1, -0.05) is 31.2 Å². The molecule has 24 heavy (non-hydrogen) atoms. The molecule has 0 aromatic heterocycles. The average Bonchev–Trinajstić information content (AvgIpc) is 2.81. The molecular formula is C16H16N2O5S. The van der Waals surface area contributed by atoms with Gasteiger partial charge in [-0.25, -0.2) is 0 Å². The average molecular weight is 348 g/mol. The van der Waals surface area contributed by atoms with Gasteiger partial charge in [-0.2, -0.15) is 0 Å². The van der Waals surface area contributed by atoms with Crippen molar-refractivity contribution >= 4 is 40.9 Å². The number of aryl methyl sites for hydroxylation is 1. The first-order chi connectivity index (χ1) is 11.4. The molecule has 1 aromatic rings. The molecule has 0 spiro atoms. The van der Waals surface area contributed by atoms with Crippen LogP contribution in [0.4, 0.5) is 4.79 Å². The Balaban J connectivity index is 2.05. The van der Waals surface area contributed by atoms with Gasteiger partial charge in [0.2, 0.25) is 5.91 Å². The highest BCUT2D eigenvalue weighted by Gasteiger charge is 2.36. The smallest absolute Gasteiger partial charge is 0.322 e. The van der Waals surface area contributed by atoms with Crippen LogP contribution in [0.25, 0.3) is 6.08 Å². The summed E-state index contributed by atoms with van der Waals surface area (Å²) in [5.74, 6) is -2.46. The highest BCUT2D eigenvalue weighted by molar-refractivity contribution is 8.18. The number of carbonyl (C=O) groups excluding carboxylic acids is 3. The van der Waals surface area contributed by atoms with Crippen molar-refractivity contribution in [3.63, 3.8) is 0 Å². The predicted octanol–water partition coefficient (Wildman–Crippen LogP) is 1.49. The maximum atomic E-state index is 12.2. The van der Waals surface area contributed by atoms with Crippen molar-refractivity contribution < 1.29 is 24.3 Å². The lowest BCUT2D eigenvalue weighted by Crippen LogP contribution is -2.41. The van der Waals surface area contributed by atoms with Crippen molar-refractivity contribution in [3.05, 3.63) is 40.3 Å². The summed E-state index contributed by atoms with van der Waals surface area (Å²) in [7, 11) is 0. The van der Waals surface area contributed by atoms with E-state index >= 15 is 0 Å². The topological polar surface area (TPSA) is 104 Å². The molecule has 7 nitrogen and oxygen atoms in total. The first kappa shape index (κ1) is 17.7. The van der Waals surface area contributed by atoms with Gasteiger partial charge in [0.05, 0.1) is 4.91 Å². The first-order valence-corrected chi connectivity index (χ1v) is 8.05. The van der Waals surface area contributed by atoms with E-state index in [1.54, 1.807) is 6.08 Å². The van der Waals surface area contributed by atoms with Gasteiger partial charge in [0.1, 0.15) is 13.1 Å². The lowest BCUT2D eigenvalue weighted by atomic mass is 10.1. The zero-order valence-electron chi connectivity index (χ0n) is 12.9. The Morgan fingerprint density at radius 3 is 2.50 bits per heavy atom. The molecule has 1 saturated heterocycles. The fourth-order valence-electron chi connectivity index (χ4n) is 2.01. The third kappa shape index (κ3) is 4.45. The van der Waals surface area contributed by atoms with Crippen LogP contribution in [-0.4, -0.2) is 46.1 Å². The van der Waals surface area contributed by atoms with Crippen molar-refractivity contribution in [1.29, 1.82) is 0 Å². The number of nitrogens with zero attached hydrogens (tertiary/aromatic N) is 1. The van der Waals surface area contributed by atoms with E-state index in [0.717, 1.165) is 34.2 Å². The highest BCUT2D eigenvalue weighted by atomic mass is 32.2. The molecular weight excluding hydrogens is 332 g/mol. The lowest BCUT2D eigenvalue weighted by Gasteiger charge is -2.11. The molecule has 126 valence electrons. The Hall–Kier alpha value is -2.61. The third-order valence-electron chi connectivity index (χ3n) is 3.30. The van der Waals surface area contributed by atoms with Gasteiger partial charge < -0.3 is 10.4 Å². The number of hydrogen-bond acceptors (Lipinski definition) is 5. The van der Waals surface area contributed by atoms with Gasteiger partial charge in [0, 0.05) is 0 Å². The second-order valence-corrected chi connectivity index (χ2v) is 6.03. The summed E-state index contributed by atoms with van der Waals surface area (Å²) < 4.78 is 0. The Bertz CT molecular complexity index is 712. The second kappa shape index (κ2) is 7.78. The van der Waals surface area contributed by atoms with Crippen molar-refractivity contribution in [2.24, 2.45) is 0 Å². The Kier molecular flexibility index (Phi) is 5.75. The number of amides is 3. The van der Waals surface area contributed by atoms with E-state index < -0.39 is 36.1 Å². The molecule has 1 aliphatic heterocycles. The number of carboxylic acids is 1. The summed E-state index contributed by atoms with van der Waals surface area (Å²) in [4.78, 5) is 47.1. The van der Waals surface area contributed by atoms with Crippen molar-refractivity contribution in [1.82, 2.24) is 10.2 Å². The summed E-state index contributed by atoms with van der Waals surface area (Å²) in [5, 5.41) is 10.1. The van der Waals surface area contributed by atoms with Gasteiger partial charge in [-0.15, -0.1) is 0 Å². The minimum atomic E-state index is -1.20. The van der Waals surface area contributed by atoms with Gasteiger partial charge in [-0.3, -0.25) is 24.1 Å². The highest BCUT2D eigenvalue weighted by Crippen LogP contribution is 2.31. The predicted molar refractivity (Wildman–Crippen MR) is 89.1 cm³/mol. The number of nitrogens with one attached hydrogen (secondary N) is 1. The van der Waals surface area contributed by atoms with Gasteiger partial charge in [0.25, 0.3) is 11.1 Å². The van der Waals surface area contributed by atoms with Crippen LogP contribution < -0.4 is 5.32 Å². The molecule has 3 amide bonds. The van der Waals surface area contributed by atoms with E-state index in [2.05, 4.69) is 5.32 Å². The zero-order chi connectivity index (χ0) is 17.7. The molecule has 0 radical (unpaired) electrons. The van der Waals surface area contributed by atoms with E-state index in [1.807, 2.05) is 31.2 Å². The van der Waals surface area contributed by atoms with Crippen LogP contribution in [-0.2, 0) is 20.8 Å². The number of benzene rings is 1. The number of rotatable bonds is 6. The van der Waals surface area contributed by atoms with Crippen molar-refractivity contribution in [3.8, 4) is 0 Å². The monoisotopic (exact) mass is 348 g/mol. The molecule has 1 aromatic carbocycles. The van der Waals surface area contributed by atoms with E-state index in [-0.39, 0.29) is 4.91 Å². The van der Waals surface area contributed by atoms with Gasteiger partial charge in [0.15, 0.2) is 0 Å². The number of hydrogen-bond donors (Lipinski definition) is 2. The standard InChI is InChI=1S/C16H16N2O5S/c1-2-10-3-5-11(6-4-10)7-12-15(22)18(16(23)24-12)9-13(19)17-8-14(20)21/h3-7H,2,8-9H2,1H3,(H,17,19)(H,20,21)/b12-7-. The van der Waals surface area contributed by atoms with Crippen LogP contribution in [0.15, 0.2) is 29.2 Å². The number of thioether (sulfide) groups is 1. The van der Waals surface area contributed by atoms with Crippen LogP contribution >= 0.6 is 11.8 Å². The van der Waals surface area contributed by atoms with E-state index in [1.165, 1.54) is 0 Å². The molecule has 1 fully saturated rings. The van der Waals surface area contributed by atoms with E-state index in [0.29, 0.717) is 0 Å². The van der Waals surface area contributed by atoms with Crippen LogP contribution in [0.5, 0.6) is 0 Å². The molecule has 1 heterocycles. The maximum absolute atomic E-state index is 12.2. The minimum Gasteiger partial charge on any atom is -0.480 e. The van der Waals surface area contributed by atoms with Crippen molar-refractivity contribution in [2.75, 3.05) is 13.1 Å². The largest absolute Gasteiger partial charge is 0.480 e. The van der Waals surface area contributed by atoms with Crippen LogP contribution in [0.3, 0.4) is 0 Å². The van der Waals surface area contributed by atoms with Crippen LogP contribution in [0.1, 0.15) is 18.1 Å². The molecule has 0 unspecified atom stereocenters. The third-order valence-corrected chi connectivity index (χ3v) is 4.21. The fraction of sp³-hybridized carbons (Fsp3) is 0.250. The van der Waals surface area contributed by atoms with Gasteiger partial charge >= 0.3 is 5.97 Å². The first-order valence-electron chi connectivity index (χ1n) is 7.23. The minimum absolute atomic E-state index is 0.232. The molecule has 0 saturated carbocycles. The molecule has 0 atom stereocenters. The Morgan fingerprint density at radius 2 is 1.92 bits per heavy atom. The fourth-order valence-corrected chi connectivity index (χ4v) is 2.85. The molecule has 2 N–H and O–H groups in total. The summed E-state index contributed by atoms with van der Waals surface area (Å²) in [6, 6.07) is 7.59. The maximum Gasteiger partial charge on any atom is 0.322 e. The molecule has 8 heteroatoms.